The summed E-state index contributed by atoms with van der Waals surface area (Å²) in [7, 11) is 0. The first-order valence-corrected chi connectivity index (χ1v) is 16.6. The fourth-order valence-electron chi connectivity index (χ4n) is 6.67. The van der Waals surface area contributed by atoms with Gasteiger partial charge in [-0.2, -0.15) is 4.98 Å². The molecule has 0 saturated carbocycles. The molecule has 3 aliphatic rings. The zero-order valence-corrected chi connectivity index (χ0v) is 28.0. The number of anilines is 2. The third kappa shape index (κ3) is 7.73. The zero-order chi connectivity index (χ0) is 34.9. The van der Waals surface area contributed by atoms with Crippen LogP contribution in [0, 0.1) is 17.5 Å². The molecular formula is C33H41F3N8O5. The predicted octanol–water partition coefficient (Wildman–Crippen LogP) is 4.76. The number of nitrogens with zero attached hydrogens (tertiary/aromatic N) is 7. The number of nitrogens with one attached hydrogen (secondary N) is 1. The SMILES string of the molecule is CCN(C(=O)c1cnc(N2CC(NC(=O)OC(C)(C)C)C(c3cc(F)c(F)cc3F)C2)nc1)C1CCN(c2nc(C3CCCO3)no2)CC1. The van der Waals surface area contributed by atoms with E-state index in [9.17, 15) is 22.8 Å². The van der Waals surface area contributed by atoms with E-state index in [1.54, 1.807) is 30.6 Å². The number of piperidine rings is 1. The summed E-state index contributed by atoms with van der Waals surface area (Å²) in [5.74, 6) is -3.62. The molecule has 3 fully saturated rings. The van der Waals surface area contributed by atoms with Crippen LogP contribution in [-0.4, -0.2) is 94.0 Å². The van der Waals surface area contributed by atoms with Crippen molar-refractivity contribution in [2.75, 3.05) is 49.1 Å². The van der Waals surface area contributed by atoms with E-state index in [1.165, 1.54) is 12.4 Å². The van der Waals surface area contributed by atoms with E-state index in [4.69, 9.17) is 14.0 Å². The average Bonchev–Trinajstić information content (AvgIpc) is 3.85. The number of alkyl carbamates (subject to hydrolysis) is 1. The van der Waals surface area contributed by atoms with Crippen LogP contribution in [0.3, 0.4) is 0 Å². The summed E-state index contributed by atoms with van der Waals surface area (Å²) < 4.78 is 59.4. The van der Waals surface area contributed by atoms with Gasteiger partial charge in [-0.3, -0.25) is 4.79 Å². The highest BCUT2D eigenvalue weighted by Crippen LogP contribution is 2.33. The van der Waals surface area contributed by atoms with Crippen molar-refractivity contribution in [2.45, 2.75) is 83.1 Å². The number of carbonyl (C=O) groups excluding carboxylic acids is 2. The first-order chi connectivity index (χ1) is 23.4. The highest BCUT2D eigenvalue weighted by Gasteiger charge is 2.39. The molecule has 3 atom stereocenters. The van der Waals surface area contributed by atoms with Crippen LogP contribution in [0.2, 0.25) is 0 Å². The van der Waals surface area contributed by atoms with Crippen molar-refractivity contribution in [2.24, 2.45) is 0 Å². The molecule has 1 aromatic carbocycles. The molecule has 0 radical (unpaired) electrons. The Morgan fingerprint density at radius 2 is 1.73 bits per heavy atom. The van der Waals surface area contributed by atoms with Crippen molar-refractivity contribution in [1.29, 1.82) is 0 Å². The van der Waals surface area contributed by atoms with Gasteiger partial charge in [-0.25, -0.2) is 27.9 Å². The second-order valence-corrected chi connectivity index (χ2v) is 13.6. The number of carbonyl (C=O) groups is 2. The van der Waals surface area contributed by atoms with Crippen molar-refractivity contribution < 1.29 is 36.8 Å². The molecule has 0 aliphatic carbocycles. The van der Waals surface area contributed by atoms with E-state index in [0.717, 1.165) is 18.9 Å². The molecule has 3 aromatic rings. The van der Waals surface area contributed by atoms with Crippen LogP contribution in [0.15, 0.2) is 29.0 Å². The highest BCUT2D eigenvalue weighted by atomic mass is 19.2. The third-order valence-electron chi connectivity index (χ3n) is 9.06. The van der Waals surface area contributed by atoms with Crippen LogP contribution >= 0.6 is 0 Å². The van der Waals surface area contributed by atoms with Crippen LogP contribution in [0.25, 0.3) is 0 Å². The van der Waals surface area contributed by atoms with E-state index < -0.39 is 41.1 Å². The minimum atomic E-state index is -1.31. The van der Waals surface area contributed by atoms with Crippen LogP contribution in [0.5, 0.6) is 0 Å². The van der Waals surface area contributed by atoms with Gasteiger partial charge in [-0.15, -0.1) is 0 Å². The van der Waals surface area contributed by atoms with E-state index in [1.807, 2.05) is 11.8 Å². The van der Waals surface area contributed by atoms with Gasteiger partial charge < -0.3 is 34.0 Å². The van der Waals surface area contributed by atoms with Gasteiger partial charge in [0.25, 0.3) is 5.91 Å². The van der Waals surface area contributed by atoms with Crippen molar-refractivity contribution in [3.63, 3.8) is 0 Å². The lowest BCUT2D eigenvalue weighted by Crippen LogP contribution is -2.47. The molecule has 3 aliphatic heterocycles. The Hall–Kier alpha value is -4.47. The molecule has 13 nitrogen and oxygen atoms in total. The number of hydrogen-bond acceptors (Lipinski definition) is 11. The molecule has 0 bridgehead atoms. The van der Waals surface area contributed by atoms with Gasteiger partial charge in [0, 0.05) is 69.8 Å². The summed E-state index contributed by atoms with van der Waals surface area (Å²) in [4.78, 5) is 45.2. The fraction of sp³-hybridized carbons (Fsp3) is 0.576. The summed E-state index contributed by atoms with van der Waals surface area (Å²) in [5, 5.41) is 6.84. The molecule has 16 heteroatoms. The Kier molecular flexibility index (Phi) is 9.95. The largest absolute Gasteiger partial charge is 0.444 e. The van der Waals surface area contributed by atoms with Gasteiger partial charge in [0.1, 0.15) is 17.5 Å². The highest BCUT2D eigenvalue weighted by molar-refractivity contribution is 5.94. The van der Waals surface area contributed by atoms with E-state index in [0.29, 0.717) is 62.6 Å². The van der Waals surface area contributed by atoms with Gasteiger partial charge in [-0.1, -0.05) is 5.16 Å². The number of hydrogen-bond donors (Lipinski definition) is 1. The van der Waals surface area contributed by atoms with Crippen LogP contribution in [-0.2, 0) is 9.47 Å². The maximum Gasteiger partial charge on any atom is 0.407 e. The second kappa shape index (κ2) is 14.2. The maximum absolute atomic E-state index is 14.9. The van der Waals surface area contributed by atoms with Crippen molar-refractivity contribution in [3.8, 4) is 0 Å². The van der Waals surface area contributed by atoms with E-state index >= 15 is 0 Å². The lowest BCUT2D eigenvalue weighted by Gasteiger charge is -2.37. The smallest absolute Gasteiger partial charge is 0.407 e. The summed E-state index contributed by atoms with van der Waals surface area (Å²) in [6.07, 6.45) is 5.28. The van der Waals surface area contributed by atoms with Gasteiger partial charge in [0.05, 0.1) is 11.6 Å². The predicted molar refractivity (Wildman–Crippen MR) is 171 cm³/mol. The minimum absolute atomic E-state index is 0.0148. The molecule has 3 unspecified atom stereocenters. The topological polar surface area (TPSA) is 139 Å². The Morgan fingerprint density at radius 3 is 2.39 bits per heavy atom. The molecule has 49 heavy (non-hydrogen) atoms. The Morgan fingerprint density at radius 1 is 1.02 bits per heavy atom. The fourth-order valence-corrected chi connectivity index (χ4v) is 6.67. The van der Waals surface area contributed by atoms with Gasteiger partial charge >= 0.3 is 12.1 Å². The summed E-state index contributed by atoms with van der Waals surface area (Å²) in [6.45, 7) is 9.73. The maximum atomic E-state index is 14.9. The van der Waals surface area contributed by atoms with Gasteiger partial charge in [0.15, 0.2) is 11.6 Å². The Balaban J connectivity index is 1.11. The standard InChI is InChI=1S/C33H41F3N8O5/c1-5-44(20-8-10-42(11-9-20)31-40-28(41-49-31)27-7-6-12-47-27)29(45)19-15-37-30(38-16-19)43-17-22(21-13-24(35)25(36)14-23(21)34)26(18-43)39-32(46)48-33(2,3)4/h13-16,20,22,26-27H,5-12,17-18H2,1-4H3,(H,39,46). The molecular weight excluding hydrogens is 645 g/mol. The quantitative estimate of drug-likeness (QED) is 0.329. The van der Waals surface area contributed by atoms with E-state index in [-0.39, 0.29) is 42.7 Å². The number of ether oxygens (including phenoxy) is 2. The molecule has 2 aromatic heterocycles. The second-order valence-electron chi connectivity index (χ2n) is 13.6. The summed E-state index contributed by atoms with van der Waals surface area (Å²) >= 11 is 0. The lowest BCUT2D eigenvalue weighted by molar-refractivity contribution is 0.0504. The van der Waals surface area contributed by atoms with E-state index in [2.05, 4.69) is 25.4 Å². The van der Waals surface area contributed by atoms with Crippen LogP contribution < -0.4 is 15.1 Å². The van der Waals surface area contributed by atoms with Crippen molar-refractivity contribution in [1.82, 2.24) is 30.3 Å². The molecule has 3 saturated heterocycles. The number of benzene rings is 1. The Labute approximate surface area is 282 Å². The number of amides is 2. The lowest BCUT2D eigenvalue weighted by atomic mass is 9.93. The molecule has 6 rings (SSSR count). The molecule has 2 amide bonds. The molecule has 264 valence electrons. The zero-order valence-electron chi connectivity index (χ0n) is 28.0. The normalized spacial score (nSPS) is 21.7. The molecule has 1 N–H and O–H groups in total. The van der Waals surface area contributed by atoms with Crippen LogP contribution in [0.4, 0.5) is 29.9 Å². The summed E-state index contributed by atoms with van der Waals surface area (Å²) in [6, 6.07) is 1.00. The van der Waals surface area contributed by atoms with Crippen LogP contribution in [0.1, 0.15) is 87.1 Å². The van der Waals surface area contributed by atoms with Crippen molar-refractivity contribution >= 4 is 24.0 Å². The molecule has 5 heterocycles. The molecule has 0 spiro atoms. The van der Waals surface area contributed by atoms with Gasteiger partial charge in [-0.05, 0) is 65.0 Å². The third-order valence-corrected chi connectivity index (χ3v) is 9.06. The minimum Gasteiger partial charge on any atom is -0.444 e. The first-order valence-electron chi connectivity index (χ1n) is 16.6. The number of aromatic nitrogens is 4. The monoisotopic (exact) mass is 686 g/mol. The van der Waals surface area contributed by atoms with Crippen molar-refractivity contribution in [3.05, 3.63) is 58.9 Å². The first kappa shape index (κ1) is 34.4. The average molecular weight is 687 g/mol. The number of halogens is 3. The van der Waals surface area contributed by atoms with Gasteiger partial charge in [0.2, 0.25) is 11.8 Å². The Bertz CT molecular complexity index is 1640. The number of rotatable bonds is 8. The summed E-state index contributed by atoms with van der Waals surface area (Å²) in [5.41, 5.74) is -0.582.